The van der Waals surface area contributed by atoms with Crippen LogP contribution in [0.5, 0.6) is 0 Å². The summed E-state index contributed by atoms with van der Waals surface area (Å²) in [6.45, 7) is 0. The van der Waals surface area contributed by atoms with E-state index in [2.05, 4.69) is 10.6 Å². The van der Waals surface area contributed by atoms with E-state index in [4.69, 9.17) is 5.73 Å². The molecular formula is C14H12N4O4. The molecule has 0 atom stereocenters. The first-order valence-electron chi connectivity index (χ1n) is 6.18. The Kier molecular flexibility index (Phi) is 4.33. The summed E-state index contributed by atoms with van der Waals surface area (Å²) in [5.74, 6) is -0.622. The number of nitrogens with two attached hydrogens (primary N) is 1. The Morgan fingerprint density at radius 2 is 1.64 bits per heavy atom. The lowest BCUT2D eigenvalue weighted by Gasteiger charge is -2.08. The first-order valence-corrected chi connectivity index (χ1v) is 6.18. The molecule has 0 radical (unpaired) electrons. The Morgan fingerprint density at radius 1 is 1.00 bits per heavy atom. The van der Waals surface area contributed by atoms with Crippen molar-refractivity contribution in [2.24, 2.45) is 5.73 Å². The fraction of sp³-hybridized carbons (Fsp3) is 0. The lowest BCUT2D eigenvalue weighted by molar-refractivity contribution is -0.385. The van der Waals surface area contributed by atoms with E-state index in [1.54, 1.807) is 18.2 Å². The van der Waals surface area contributed by atoms with E-state index in [1.807, 2.05) is 0 Å². The molecule has 8 nitrogen and oxygen atoms in total. The zero-order valence-electron chi connectivity index (χ0n) is 11.3. The van der Waals surface area contributed by atoms with Gasteiger partial charge in [-0.1, -0.05) is 18.2 Å². The van der Waals surface area contributed by atoms with Crippen molar-refractivity contribution in [3.8, 4) is 0 Å². The van der Waals surface area contributed by atoms with Crippen molar-refractivity contribution >= 4 is 29.0 Å². The van der Waals surface area contributed by atoms with Crippen LogP contribution in [0.1, 0.15) is 10.4 Å². The Hall–Kier alpha value is -3.42. The average Bonchev–Trinajstić information content (AvgIpc) is 2.46. The monoisotopic (exact) mass is 300 g/mol. The molecular weight excluding hydrogens is 288 g/mol. The van der Waals surface area contributed by atoms with Crippen LogP contribution in [-0.4, -0.2) is 16.9 Å². The number of carbonyl (C=O) groups is 2. The van der Waals surface area contributed by atoms with Crippen LogP contribution in [0.25, 0.3) is 0 Å². The molecule has 0 aliphatic heterocycles. The fourth-order valence-corrected chi connectivity index (χ4v) is 1.84. The van der Waals surface area contributed by atoms with Crippen molar-refractivity contribution in [2.45, 2.75) is 0 Å². The molecule has 0 saturated carbocycles. The Balaban J connectivity index is 2.22. The van der Waals surface area contributed by atoms with E-state index in [9.17, 15) is 19.7 Å². The number of nitrogens with zero attached hydrogens (tertiary/aromatic N) is 1. The van der Waals surface area contributed by atoms with Gasteiger partial charge in [0.05, 0.1) is 4.92 Å². The molecule has 22 heavy (non-hydrogen) atoms. The topological polar surface area (TPSA) is 127 Å². The average molecular weight is 300 g/mol. The molecule has 0 saturated heterocycles. The van der Waals surface area contributed by atoms with E-state index in [0.717, 1.165) is 0 Å². The van der Waals surface area contributed by atoms with Crippen molar-refractivity contribution in [3.05, 3.63) is 64.2 Å². The minimum absolute atomic E-state index is 0.0548. The molecule has 112 valence electrons. The number of hydrogen-bond donors (Lipinski definition) is 3. The highest BCUT2D eigenvalue weighted by atomic mass is 16.6. The summed E-state index contributed by atoms with van der Waals surface area (Å²) in [6, 6.07) is 11.1. The lowest BCUT2D eigenvalue weighted by Crippen LogP contribution is -2.19. The van der Waals surface area contributed by atoms with Gasteiger partial charge in [-0.3, -0.25) is 14.9 Å². The molecule has 0 spiro atoms. The van der Waals surface area contributed by atoms with E-state index >= 15 is 0 Å². The number of amides is 3. The second-order valence-corrected chi connectivity index (χ2v) is 4.30. The van der Waals surface area contributed by atoms with Crippen molar-refractivity contribution < 1.29 is 14.5 Å². The summed E-state index contributed by atoms with van der Waals surface area (Å²) in [7, 11) is 0. The summed E-state index contributed by atoms with van der Waals surface area (Å²) in [5.41, 5.74) is 5.43. The number of carbonyl (C=O) groups excluding carboxylic acids is 2. The van der Waals surface area contributed by atoms with Gasteiger partial charge in [0.15, 0.2) is 0 Å². The van der Waals surface area contributed by atoms with Crippen LogP contribution in [0, 0.1) is 10.1 Å². The van der Waals surface area contributed by atoms with E-state index in [1.165, 1.54) is 30.3 Å². The molecule has 3 amide bonds. The van der Waals surface area contributed by atoms with Gasteiger partial charge in [0.2, 0.25) is 0 Å². The van der Waals surface area contributed by atoms with Crippen LogP contribution in [0.3, 0.4) is 0 Å². The minimum Gasteiger partial charge on any atom is -0.351 e. The molecule has 0 unspecified atom stereocenters. The number of primary amides is 1. The summed E-state index contributed by atoms with van der Waals surface area (Å²) in [4.78, 5) is 33.2. The van der Waals surface area contributed by atoms with Crippen LogP contribution in [0.4, 0.5) is 21.9 Å². The Morgan fingerprint density at radius 3 is 2.27 bits per heavy atom. The third kappa shape index (κ3) is 3.57. The second kappa shape index (κ2) is 6.35. The highest BCUT2D eigenvalue weighted by Crippen LogP contribution is 2.20. The maximum absolute atomic E-state index is 12.1. The van der Waals surface area contributed by atoms with E-state index in [0.29, 0.717) is 11.4 Å². The normalized spacial score (nSPS) is 9.82. The van der Waals surface area contributed by atoms with Gasteiger partial charge >= 0.3 is 6.03 Å². The van der Waals surface area contributed by atoms with Crippen LogP contribution in [-0.2, 0) is 0 Å². The molecule has 2 aromatic carbocycles. The van der Waals surface area contributed by atoms with Gasteiger partial charge in [0, 0.05) is 17.4 Å². The number of nitro benzene ring substituents is 1. The number of hydrogen-bond acceptors (Lipinski definition) is 4. The molecule has 0 heterocycles. The predicted octanol–water partition coefficient (Wildman–Crippen LogP) is 2.34. The van der Waals surface area contributed by atoms with Gasteiger partial charge in [0.1, 0.15) is 5.56 Å². The predicted molar refractivity (Wildman–Crippen MR) is 80.7 cm³/mol. The van der Waals surface area contributed by atoms with Crippen LogP contribution in [0.15, 0.2) is 48.5 Å². The smallest absolute Gasteiger partial charge is 0.316 e. The van der Waals surface area contributed by atoms with Crippen molar-refractivity contribution in [1.29, 1.82) is 0 Å². The zero-order valence-corrected chi connectivity index (χ0v) is 11.3. The molecule has 0 aliphatic carbocycles. The lowest BCUT2D eigenvalue weighted by atomic mass is 10.1. The first kappa shape index (κ1) is 15.0. The quantitative estimate of drug-likeness (QED) is 0.591. The maximum Gasteiger partial charge on any atom is 0.316 e. The number of urea groups is 1. The van der Waals surface area contributed by atoms with E-state index in [-0.39, 0.29) is 11.3 Å². The van der Waals surface area contributed by atoms with Crippen LogP contribution >= 0.6 is 0 Å². The van der Waals surface area contributed by atoms with Gasteiger partial charge in [-0.2, -0.15) is 0 Å². The summed E-state index contributed by atoms with van der Waals surface area (Å²) >= 11 is 0. The molecule has 0 bridgehead atoms. The highest BCUT2D eigenvalue weighted by molar-refractivity contribution is 6.07. The molecule has 0 aromatic heterocycles. The number of benzene rings is 2. The molecule has 2 rings (SSSR count). The fourth-order valence-electron chi connectivity index (χ4n) is 1.84. The minimum atomic E-state index is -0.734. The number of nitro groups is 1. The Labute approximate surface area is 125 Å². The number of para-hydroxylation sites is 1. The highest BCUT2D eigenvalue weighted by Gasteiger charge is 2.19. The third-order valence-corrected chi connectivity index (χ3v) is 2.73. The Bertz CT molecular complexity index is 745. The van der Waals surface area contributed by atoms with Crippen molar-refractivity contribution in [3.63, 3.8) is 0 Å². The molecule has 0 aliphatic rings. The van der Waals surface area contributed by atoms with Gasteiger partial charge < -0.3 is 16.4 Å². The zero-order chi connectivity index (χ0) is 16.1. The standard InChI is InChI=1S/C14H12N4O4/c15-14(20)17-10-5-3-4-9(8-10)16-13(19)11-6-1-2-7-12(11)18(21)22/h1-8H,(H,16,19)(H3,15,17,20). The number of rotatable bonds is 4. The first-order chi connectivity index (χ1) is 10.5. The third-order valence-electron chi connectivity index (χ3n) is 2.73. The van der Waals surface area contributed by atoms with Crippen LogP contribution < -0.4 is 16.4 Å². The van der Waals surface area contributed by atoms with Gasteiger partial charge in [0.25, 0.3) is 11.6 Å². The summed E-state index contributed by atoms with van der Waals surface area (Å²) in [6.07, 6.45) is 0. The molecule has 2 aromatic rings. The molecule has 0 fully saturated rings. The van der Waals surface area contributed by atoms with Crippen molar-refractivity contribution in [1.82, 2.24) is 0 Å². The summed E-state index contributed by atoms with van der Waals surface area (Å²) in [5, 5.41) is 15.8. The summed E-state index contributed by atoms with van der Waals surface area (Å²) < 4.78 is 0. The van der Waals surface area contributed by atoms with Gasteiger partial charge in [-0.25, -0.2) is 4.79 Å². The SMILES string of the molecule is NC(=O)Nc1cccc(NC(=O)c2ccccc2[N+](=O)[O-])c1. The van der Waals surface area contributed by atoms with Crippen molar-refractivity contribution in [2.75, 3.05) is 10.6 Å². The van der Waals surface area contributed by atoms with Crippen LogP contribution in [0.2, 0.25) is 0 Å². The number of nitrogens with one attached hydrogen (secondary N) is 2. The molecule has 4 N–H and O–H groups in total. The largest absolute Gasteiger partial charge is 0.351 e. The second-order valence-electron chi connectivity index (χ2n) is 4.30. The van der Waals surface area contributed by atoms with E-state index < -0.39 is 16.9 Å². The number of anilines is 2. The van der Waals surface area contributed by atoms with Gasteiger partial charge in [-0.15, -0.1) is 0 Å². The van der Waals surface area contributed by atoms with Gasteiger partial charge in [-0.05, 0) is 24.3 Å². The maximum atomic E-state index is 12.1. The molecule has 8 heteroatoms.